The number of nitrogens with one attached hydrogen (secondary N) is 2. The van der Waals surface area contributed by atoms with Crippen molar-refractivity contribution in [1.29, 1.82) is 0 Å². The predicted octanol–water partition coefficient (Wildman–Crippen LogP) is 2.63. The van der Waals surface area contributed by atoms with Gasteiger partial charge in [0.15, 0.2) is 0 Å². The van der Waals surface area contributed by atoms with E-state index in [4.69, 9.17) is 0 Å². The number of hydrogen-bond donors (Lipinski definition) is 2. The lowest BCUT2D eigenvalue weighted by atomic mass is 10.1. The van der Waals surface area contributed by atoms with Crippen molar-refractivity contribution in [3.63, 3.8) is 0 Å². The zero-order chi connectivity index (χ0) is 10.7. The van der Waals surface area contributed by atoms with Crippen molar-refractivity contribution in [3.8, 4) is 0 Å². The van der Waals surface area contributed by atoms with Gasteiger partial charge in [0.1, 0.15) is 0 Å². The molecule has 0 fully saturated rings. The molecule has 2 N–H and O–H groups in total. The average molecular weight is 221 g/mol. The smallest absolute Gasteiger partial charge is 0.0535 e. The third kappa shape index (κ3) is 2.46. The molecule has 0 aliphatic carbocycles. The number of rotatable bonds is 4. The number of thiophene rings is 1. The molecular formula is C11H15N3S. The van der Waals surface area contributed by atoms with Gasteiger partial charge in [0.2, 0.25) is 0 Å². The largest absolute Gasteiger partial charge is 0.306 e. The minimum absolute atomic E-state index is 0.394. The van der Waals surface area contributed by atoms with Gasteiger partial charge in [0, 0.05) is 23.8 Å². The Bertz CT molecular complexity index is 405. The normalized spacial score (nSPS) is 12.9. The van der Waals surface area contributed by atoms with Crippen LogP contribution in [0.2, 0.25) is 0 Å². The van der Waals surface area contributed by atoms with Gasteiger partial charge in [0.05, 0.1) is 6.20 Å². The van der Waals surface area contributed by atoms with Crippen LogP contribution in [0.3, 0.4) is 0 Å². The summed E-state index contributed by atoms with van der Waals surface area (Å²) in [6.07, 6.45) is 1.88. The molecule has 4 heteroatoms. The van der Waals surface area contributed by atoms with Crippen LogP contribution in [-0.2, 0) is 6.54 Å². The van der Waals surface area contributed by atoms with E-state index < -0.39 is 0 Å². The van der Waals surface area contributed by atoms with Crippen molar-refractivity contribution in [3.05, 3.63) is 39.8 Å². The summed E-state index contributed by atoms with van der Waals surface area (Å²) in [7, 11) is 0. The van der Waals surface area contributed by atoms with Crippen LogP contribution in [0.5, 0.6) is 0 Å². The molecule has 1 unspecified atom stereocenters. The predicted molar refractivity (Wildman–Crippen MR) is 62.9 cm³/mol. The van der Waals surface area contributed by atoms with Crippen molar-refractivity contribution in [2.75, 3.05) is 0 Å². The van der Waals surface area contributed by atoms with Crippen LogP contribution in [0.25, 0.3) is 0 Å². The van der Waals surface area contributed by atoms with Gasteiger partial charge < -0.3 is 5.32 Å². The van der Waals surface area contributed by atoms with E-state index in [0.717, 1.165) is 12.2 Å². The minimum Gasteiger partial charge on any atom is -0.306 e. The maximum Gasteiger partial charge on any atom is 0.0535 e. The standard InChI is InChI=1S/C11H15N3S/c1-8(10-3-4-15-7-10)12-5-11-6-13-14-9(11)2/h3-4,6-8,12H,5H2,1-2H3,(H,13,14). The molecular weight excluding hydrogens is 206 g/mol. The molecule has 1 atom stereocenters. The van der Waals surface area contributed by atoms with Gasteiger partial charge in [0.25, 0.3) is 0 Å². The molecule has 0 amide bonds. The lowest BCUT2D eigenvalue weighted by Gasteiger charge is -2.11. The van der Waals surface area contributed by atoms with Crippen molar-refractivity contribution in [1.82, 2.24) is 15.5 Å². The van der Waals surface area contributed by atoms with Gasteiger partial charge in [-0.25, -0.2) is 0 Å². The fourth-order valence-electron chi connectivity index (χ4n) is 1.46. The molecule has 2 aromatic heterocycles. The zero-order valence-corrected chi connectivity index (χ0v) is 9.77. The van der Waals surface area contributed by atoms with E-state index >= 15 is 0 Å². The van der Waals surface area contributed by atoms with E-state index in [1.165, 1.54) is 11.1 Å². The third-order valence-electron chi connectivity index (χ3n) is 2.58. The van der Waals surface area contributed by atoms with Gasteiger partial charge in [-0.3, -0.25) is 5.10 Å². The second-order valence-corrected chi connectivity index (χ2v) is 4.46. The number of aromatic nitrogens is 2. The Kier molecular flexibility index (Phi) is 3.18. The first kappa shape index (κ1) is 10.4. The third-order valence-corrected chi connectivity index (χ3v) is 3.28. The molecule has 80 valence electrons. The number of hydrogen-bond acceptors (Lipinski definition) is 3. The Labute approximate surface area is 93.5 Å². The van der Waals surface area contributed by atoms with Crippen LogP contribution >= 0.6 is 11.3 Å². The first-order chi connectivity index (χ1) is 7.27. The molecule has 0 bridgehead atoms. The summed E-state index contributed by atoms with van der Waals surface area (Å²) in [6.45, 7) is 5.08. The number of H-pyrrole nitrogens is 1. The fraction of sp³-hybridized carbons (Fsp3) is 0.364. The zero-order valence-electron chi connectivity index (χ0n) is 8.95. The second-order valence-electron chi connectivity index (χ2n) is 3.68. The summed E-state index contributed by atoms with van der Waals surface area (Å²) in [5.41, 5.74) is 3.72. The molecule has 0 aliphatic heterocycles. The van der Waals surface area contributed by atoms with E-state index in [1.807, 2.05) is 13.1 Å². The van der Waals surface area contributed by atoms with E-state index in [-0.39, 0.29) is 0 Å². The van der Waals surface area contributed by atoms with Crippen LogP contribution in [0, 0.1) is 6.92 Å². The summed E-state index contributed by atoms with van der Waals surface area (Å²) in [5, 5.41) is 14.7. The van der Waals surface area contributed by atoms with Gasteiger partial charge in [-0.15, -0.1) is 0 Å². The number of nitrogens with zero attached hydrogens (tertiary/aromatic N) is 1. The summed E-state index contributed by atoms with van der Waals surface area (Å²) in [6, 6.07) is 2.55. The molecule has 0 saturated carbocycles. The van der Waals surface area contributed by atoms with E-state index in [9.17, 15) is 0 Å². The molecule has 0 aliphatic rings. The van der Waals surface area contributed by atoms with Crippen LogP contribution in [0.4, 0.5) is 0 Å². The number of aryl methyl sites for hydroxylation is 1. The van der Waals surface area contributed by atoms with Crippen molar-refractivity contribution in [2.45, 2.75) is 26.4 Å². The molecule has 0 aromatic carbocycles. The molecule has 3 nitrogen and oxygen atoms in total. The minimum atomic E-state index is 0.394. The highest BCUT2D eigenvalue weighted by atomic mass is 32.1. The van der Waals surface area contributed by atoms with Gasteiger partial charge >= 0.3 is 0 Å². The monoisotopic (exact) mass is 221 g/mol. The van der Waals surface area contributed by atoms with E-state index in [2.05, 4.69) is 39.3 Å². The Morgan fingerprint density at radius 3 is 3.07 bits per heavy atom. The average Bonchev–Trinajstić information content (AvgIpc) is 2.85. The number of aromatic amines is 1. The molecule has 2 aromatic rings. The molecule has 0 saturated heterocycles. The summed E-state index contributed by atoms with van der Waals surface area (Å²) < 4.78 is 0. The Morgan fingerprint density at radius 2 is 2.47 bits per heavy atom. The Balaban J connectivity index is 1.91. The van der Waals surface area contributed by atoms with E-state index in [1.54, 1.807) is 11.3 Å². The van der Waals surface area contributed by atoms with Crippen molar-refractivity contribution in [2.24, 2.45) is 0 Å². The second kappa shape index (κ2) is 4.59. The molecule has 15 heavy (non-hydrogen) atoms. The van der Waals surface area contributed by atoms with Crippen LogP contribution in [0.15, 0.2) is 23.0 Å². The topological polar surface area (TPSA) is 40.7 Å². The highest BCUT2D eigenvalue weighted by molar-refractivity contribution is 7.07. The fourth-order valence-corrected chi connectivity index (χ4v) is 2.21. The molecule has 2 heterocycles. The van der Waals surface area contributed by atoms with Crippen LogP contribution in [0.1, 0.15) is 29.8 Å². The van der Waals surface area contributed by atoms with Crippen LogP contribution < -0.4 is 5.32 Å². The first-order valence-corrected chi connectivity index (χ1v) is 5.96. The molecule has 2 rings (SSSR count). The highest BCUT2D eigenvalue weighted by Gasteiger charge is 2.06. The Hall–Kier alpha value is -1.13. The van der Waals surface area contributed by atoms with E-state index in [0.29, 0.717) is 6.04 Å². The summed E-state index contributed by atoms with van der Waals surface area (Å²) in [4.78, 5) is 0. The molecule has 0 spiro atoms. The maximum atomic E-state index is 4.00. The summed E-state index contributed by atoms with van der Waals surface area (Å²) >= 11 is 1.74. The van der Waals surface area contributed by atoms with Crippen LogP contribution in [-0.4, -0.2) is 10.2 Å². The maximum absolute atomic E-state index is 4.00. The highest BCUT2D eigenvalue weighted by Crippen LogP contribution is 2.16. The van der Waals surface area contributed by atoms with Crippen molar-refractivity contribution >= 4 is 11.3 Å². The molecule has 0 radical (unpaired) electrons. The van der Waals surface area contributed by atoms with Crippen molar-refractivity contribution < 1.29 is 0 Å². The first-order valence-electron chi connectivity index (χ1n) is 5.01. The SMILES string of the molecule is Cc1[nH]ncc1CNC(C)c1ccsc1. The van der Waals surface area contributed by atoms with Gasteiger partial charge in [-0.2, -0.15) is 16.4 Å². The lowest BCUT2D eigenvalue weighted by molar-refractivity contribution is 0.575. The van der Waals surface area contributed by atoms with Gasteiger partial charge in [-0.1, -0.05) is 0 Å². The van der Waals surface area contributed by atoms with Gasteiger partial charge in [-0.05, 0) is 36.2 Å². The quantitative estimate of drug-likeness (QED) is 0.833. The Morgan fingerprint density at radius 1 is 1.60 bits per heavy atom. The lowest BCUT2D eigenvalue weighted by Crippen LogP contribution is -2.17. The summed E-state index contributed by atoms with van der Waals surface area (Å²) in [5.74, 6) is 0.